The van der Waals surface area contributed by atoms with E-state index >= 15 is 0 Å². The summed E-state index contributed by atoms with van der Waals surface area (Å²) >= 11 is 6.13. The molecule has 2 saturated heterocycles. The van der Waals surface area contributed by atoms with E-state index in [1.54, 1.807) is 0 Å². The first-order valence-corrected chi connectivity index (χ1v) is 9.58. The Morgan fingerprint density at radius 1 is 1.30 bits per heavy atom. The molecule has 1 unspecified atom stereocenters. The molecule has 148 valence electrons. The Morgan fingerprint density at radius 2 is 2.07 bits per heavy atom. The fourth-order valence-corrected chi connectivity index (χ4v) is 3.42. The lowest BCUT2D eigenvalue weighted by Crippen LogP contribution is -2.27. The van der Waals surface area contributed by atoms with Crippen molar-refractivity contribution in [3.05, 3.63) is 17.0 Å². The standard InChI is InChI=1S/C12H16ClN7.C5H10O2/c1-20-10(7-2-4-15-5-3-7)18-19-11(20)9-8(13)6-16-12(14)17-9;6-5-2-1-3-7-4-5/h6-7,15H,2-5H2,1H3,(H2,14,16,17);5-6H,1-4H2. The molecular weight excluding hydrogens is 370 g/mol. The Labute approximate surface area is 163 Å². The molecule has 1 atom stereocenters. The van der Waals surface area contributed by atoms with Crippen LogP contribution in [0.5, 0.6) is 0 Å². The zero-order valence-corrected chi connectivity index (χ0v) is 16.2. The molecule has 0 spiro atoms. The van der Waals surface area contributed by atoms with Gasteiger partial charge < -0.3 is 25.5 Å². The second kappa shape index (κ2) is 9.41. The van der Waals surface area contributed by atoms with Crippen molar-refractivity contribution >= 4 is 17.5 Å². The van der Waals surface area contributed by atoms with Gasteiger partial charge in [-0.25, -0.2) is 9.97 Å². The van der Waals surface area contributed by atoms with Crippen molar-refractivity contribution in [2.45, 2.75) is 37.7 Å². The van der Waals surface area contributed by atoms with Gasteiger partial charge in [-0.1, -0.05) is 11.6 Å². The summed E-state index contributed by atoms with van der Waals surface area (Å²) in [5, 5.41) is 21.1. The van der Waals surface area contributed by atoms with Crippen LogP contribution in [0.25, 0.3) is 11.5 Å². The number of piperidine rings is 1. The SMILES string of the molecule is Cn1c(-c2nc(N)ncc2Cl)nnc1C1CCNCC1.OC1CCCOC1. The van der Waals surface area contributed by atoms with E-state index in [0.29, 0.717) is 29.1 Å². The summed E-state index contributed by atoms with van der Waals surface area (Å²) in [6, 6.07) is 0. The highest BCUT2D eigenvalue weighted by molar-refractivity contribution is 6.32. The average Bonchev–Trinajstić information content (AvgIpc) is 3.07. The lowest BCUT2D eigenvalue weighted by atomic mass is 9.97. The number of rotatable bonds is 2. The fraction of sp³-hybridized carbons (Fsp3) is 0.647. The fourth-order valence-electron chi connectivity index (χ4n) is 3.24. The van der Waals surface area contributed by atoms with E-state index in [-0.39, 0.29) is 12.1 Å². The van der Waals surface area contributed by atoms with Crippen LogP contribution >= 0.6 is 11.6 Å². The normalized spacial score (nSPS) is 20.8. The summed E-state index contributed by atoms with van der Waals surface area (Å²) < 4.78 is 6.88. The Balaban J connectivity index is 0.000000253. The van der Waals surface area contributed by atoms with Gasteiger partial charge in [-0.3, -0.25) is 0 Å². The third-order valence-corrected chi connectivity index (χ3v) is 5.00. The quantitative estimate of drug-likeness (QED) is 0.691. The number of hydrogen-bond acceptors (Lipinski definition) is 8. The van der Waals surface area contributed by atoms with Crippen molar-refractivity contribution in [1.82, 2.24) is 30.0 Å². The average molecular weight is 396 g/mol. The van der Waals surface area contributed by atoms with Crippen LogP contribution in [0, 0.1) is 0 Å². The number of nitrogen functional groups attached to an aromatic ring is 1. The molecule has 27 heavy (non-hydrogen) atoms. The topological polar surface area (TPSA) is 124 Å². The molecule has 0 saturated carbocycles. The summed E-state index contributed by atoms with van der Waals surface area (Å²) in [4.78, 5) is 8.02. The van der Waals surface area contributed by atoms with Crippen LogP contribution in [-0.4, -0.2) is 62.2 Å². The van der Waals surface area contributed by atoms with E-state index in [1.807, 2.05) is 11.6 Å². The summed E-state index contributed by atoms with van der Waals surface area (Å²) in [6.07, 6.45) is 5.35. The molecule has 2 fully saturated rings. The predicted molar refractivity (Wildman–Crippen MR) is 102 cm³/mol. The molecule has 0 bridgehead atoms. The van der Waals surface area contributed by atoms with E-state index in [0.717, 1.165) is 51.2 Å². The first-order valence-electron chi connectivity index (χ1n) is 9.20. The Morgan fingerprint density at radius 3 is 2.70 bits per heavy atom. The maximum Gasteiger partial charge on any atom is 0.220 e. The van der Waals surface area contributed by atoms with Gasteiger partial charge in [0.15, 0.2) is 5.82 Å². The maximum atomic E-state index is 8.78. The minimum Gasteiger partial charge on any atom is -0.391 e. The molecule has 10 heteroatoms. The third-order valence-electron chi connectivity index (χ3n) is 4.72. The number of ether oxygens (including phenoxy) is 1. The lowest BCUT2D eigenvalue weighted by Gasteiger charge is -2.21. The molecule has 4 N–H and O–H groups in total. The molecule has 0 aliphatic carbocycles. The number of aromatic nitrogens is 5. The molecule has 4 rings (SSSR count). The molecule has 9 nitrogen and oxygen atoms in total. The number of nitrogens with two attached hydrogens (primary N) is 1. The largest absolute Gasteiger partial charge is 0.391 e. The maximum absolute atomic E-state index is 8.78. The van der Waals surface area contributed by atoms with Gasteiger partial charge in [-0.15, -0.1) is 10.2 Å². The number of anilines is 1. The van der Waals surface area contributed by atoms with Gasteiger partial charge >= 0.3 is 0 Å². The molecule has 2 aliphatic heterocycles. The summed E-state index contributed by atoms with van der Waals surface area (Å²) in [5.74, 6) is 2.18. The first-order chi connectivity index (χ1) is 13.1. The third kappa shape index (κ3) is 5.13. The zero-order valence-electron chi connectivity index (χ0n) is 15.4. The molecule has 0 aromatic carbocycles. The van der Waals surface area contributed by atoms with Crippen molar-refractivity contribution < 1.29 is 9.84 Å². The van der Waals surface area contributed by atoms with Gasteiger partial charge in [0, 0.05) is 19.6 Å². The van der Waals surface area contributed by atoms with Gasteiger partial charge in [0.25, 0.3) is 0 Å². The number of aliphatic hydroxyl groups excluding tert-OH is 1. The second-order valence-corrected chi connectivity index (χ2v) is 7.17. The number of aliphatic hydroxyl groups is 1. The van der Waals surface area contributed by atoms with Crippen molar-refractivity contribution in [1.29, 1.82) is 0 Å². The summed E-state index contributed by atoms with van der Waals surface area (Å²) in [5.41, 5.74) is 6.14. The van der Waals surface area contributed by atoms with Crippen molar-refractivity contribution in [3.63, 3.8) is 0 Å². The van der Waals surface area contributed by atoms with E-state index in [9.17, 15) is 0 Å². The summed E-state index contributed by atoms with van der Waals surface area (Å²) in [6.45, 7) is 3.39. The molecule has 4 heterocycles. The lowest BCUT2D eigenvalue weighted by molar-refractivity contribution is -0.00535. The van der Waals surface area contributed by atoms with Crippen LogP contribution in [0.2, 0.25) is 5.02 Å². The number of nitrogens with one attached hydrogen (secondary N) is 1. The Hall–Kier alpha value is -1.81. The number of hydrogen-bond donors (Lipinski definition) is 3. The van der Waals surface area contributed by atoms with Crippen LogP contribution in [0.15, 0.2) is 6.20 Å². The van der Waals surface area contributed by atoms with Crippen LogP contribution < -0.4 is 11.1 Å². The van der Waals surface area contributed by atoms with Gasteiger partial charge in [0.2, 0.25) is 5.95 Å². The van der Waals surface area contributed by atoms with Crippen molar-refractivity contribution in [3.8, 4) is 11.5 Å². The van der Waals surface area contributed by atoms with Gasteiger partial charge in [0.1, 0.15) is 11.5 Å². The van der Waals surface area contributed by atoms with E-state index in [2.05, 4.69) is 25.5 Å². The van der Waals surface area contributed by atoms with Crippen LogP contribution in [-0.2, 0) is 11.8 Å². The molecule has 2 aliphatic rings. The minimum absolute atomic E-state index is 0.177. The van der Waals surface area contributed by atoms with Crippen LogP contribution in [0.3, 0.4) is 0 Å². The van der Waals surface area contributed by atoms with Gasteiger partial charge in [-0.2, -0.15) is 0 Å². The summed E-state index contributed by atoms with van der Waals surface area (Å²) in [7, 11) is 1.93. The molecular formula is C17H26ClN7O2. The zero-order chi connectivity index (χ0) is 19.2. The minimum atomic E-state index is -0.186. The Bertz CT molecular complexity index is 743. The van der Waals surface area contributed by atoms with Crippen LogP contribution in [0.4, 0.5) is 5.95 Å². The molecule has 0 amide bonds. The second-order valence-electron chi connectivity index (χ2n) is 6.76. The molecule has 2 aromatic heterocycles. The smallest absolute Gasteiger partial charge is 0.220 e. The highest BCUT2D eigenvalue weighted by Gasteiger charge is 2.23. The van der Waals surface area contributed by atoms with E-state index in [1.165, 1.54) is 6.20 Å². The van der Waals surface area contributed by atoms with Crippen molar-refractivity contribution in [2.24, 2.45) is 7.05 Å². The highest BCUT2D eigenvalue weighted by Crippen LogP contribution is 2.28. The van der Waals surface area contributed by atoms with Gasteiger partial charge in [-0.05, 0) is 38.8 Å². The predicted octanol–water partition coefficient (Wildman–Crippen LogP) is 1.13. The molecule has 0 radical (unpaired) electrons. The Kier molecular flexibility index (Phi) is 6.95. The van der Waals surface area contributed by atoms with Crippen LogP contribution in [0.1, 0.15) is 37.4 Å². The first kappa shape index (κ1) is 19.9. The highest BCUT2D eigenvalue weighted by atomic mass is 35.5. The number of nitrogens with zero attached hydrogens (tertiary/aromatic N) is 5. The van der Waals surface area contributed by atoms with E-state index in [4.69, 9.17) is 27.2 Å². The monoisotopic (exact) mass is 395 g/mol. The molecule has 2 aromatic rings. The van der Waals surface area contributed by atoms with E-state index < -0.39 is 0 Å². The number of halogens is 1. The van der Waals surface area contributed by atoms with Crippen molar-refractivity contribution in [2.75, 3.05) is 32.0 Å². The van der Waals surface area contributed by atoms with Gasteiger partial charge in [0.05, 0.1) is 23.9 Å².